The van der Waals surface area contributed by atoms with Crippen LogP contribution in [-0.4, -0.2) is 50.0 Å². The second-order valence-electron chi connectivity index (χ2n) is 5.58. The number of rotatable bonds is 7. The molecule has 0 aromatic carbocycles. The highest BCUT2D eigenvalue weighted by Gasteiger charge is 2.40. The van der Waals surface area contributed by atoms with Crippen molar-refractivity contribution in [1.29, 1.82) is 0 Å². The first-order chi connectivity index (χ1) is 9.02. The molecule has 0 unspecified atom stereocenters. The standard InChI is InChI=1S/C14H28N2O3/c1-4-14(18,5-2)10-16-12(17)13(11-19-3)6-8-15-9-7-13/h15,18H,4-11H2,1-3H3,(H,16,17). The highest BCUT2D eigenvalue weighted by molar-refractivity contribution is 5.83. The predicted molar refractivity (Wildman–Crippen MR) is 75.0 cm³/mol. The number of amides is 1. The molecule has 1 rings (SSSR count). The molecule has 0 aromatic rings. The summed E-state index contributed by atoms with van der Waals surface area (Å²) in [6.45, 7) is 6.30. The van der Waals surface area contributed by atoms with E-state index in [9.17, 15) is 9.90 Å². The van der Waals surface area contributed by atoms with Crippen molar-refractivity contribution in [2.24, 2.45) is 5.41 Å². The molecule has 5 nitrogen and oxygen atoms in total. The molecule has 1 heterocycles. The van der Waals surface area contributed by atoms with Crippen LogP contribution in [0.2, 0.25) is 0 Å². The van der Waals surface area contributed by atoms with Crippen molar-refractivity contribution >= 4 is 5.91 Å². The van der Waals surface area contributed by atoms with Crippen LogP contribution in [-0.2, 0) is 9.53 Å². The lowest BCUT2D eigenvalue weighted by Gasteiger charge is -2.36. The third-order valence-corrected chi connectivity index (χ3v) is 4.36. The minimum Gasteiger partial charge on any atom is -0.388 e. The Labute approximate surface area is 116 Å². The molecule has 5 heteroatoms. The van der Waals surface area contributed by atoms with Gasteiger partial charge >= 0.3 is 0 Å². The van der Waals surface area contributed by atoms with E-state index in [0.717, 1.165) is 25.9 Å². The van der Waals surface area contributed by atoms with Gasteiger partial charge in [-0.25, -0.2) is 0 Å². The number of carbonyl (C=O) groups excluding carboxylic acids is 1. The zero-order valence-corrected chi connectivity index (χ0v) is 12.4. The summed E-state index contributed by atoms with van der Waals surface area (Å²) in [5.74, 6) is 0.0103. The van der Waals surface area contributed by atoms with Crippen LogP contribution in [0.5, 0.6) is 0 Å². The second-order valence-corrected chi connectivity index (χ2v) is 5.58. The van der Waals surface area contributed by atoms with Gasteiger partial charge in [0.1, 0.15) is 0 Å². The number of methoxy groups -OCH3 is 1. The molecule has 19 heavy (non-hydrogen) atoms. The topological polar surface area (TPSA) is 70.6 Å². The van der Waals surface area contributed by atoms with Gasteiger partial charge in [-0.05, 0) is 38.8 Å². The fourth-order valence-corrected chi connectivity index (χ4v) is 2.55. The molecule has 3 N–H and O–H groups in total. The molecule has 112 valence electrons. The van der Waals surface area contributed by atoms with Crippen molar-refractivity contribution in [2.45, 2.75) is 45.1 Å². The molecule has 1 saturated heterocycles. The molecule has 0 aromatic heterocycles. The summed E-state index contributed by atoms with van der Waals surface area (Å²) < 4.78 is 5.24. The first-order valence-corrected chi connectivity index (χ1v) is 7.22. The third kappa shape index (κ3) is 4.16. The van der Waals surface area contributed by atoms with Crippen LogP contribution in [0.15, 0.2) is 0 Å². The lowest BCUT2D eigenvalue weighted by atomic mass is 9.78. The molecule has 0 aliphatic carbocycles. The number of aliphatic hydroxyl groups is 1. The van der Waals surface area contributed by atoms with Crippen LogP contribution in [0.3, 0.4) is 0 Å². The van der Waals surface area contributed by atoms with Gasteiger partial charge in [0, 0.05) is 13.7 Å². The highest BCUT2D eigenvalue weighted by atomic mass is 16.5. The zero-order chi connectivity index (χ0) is 14.4. The van der Waals surface area contributed by atoms with Gasteiger partial charge in [-0.2, -0.15) is 0 Å². The Hall–Kier alpha value is -0.650. The van der Waals surface area contributed by atoms with Crippen molar-refractivity contribution in [2.75, 3.05) is 33.4 Å². The molecule has 0 spiro atoms. The average Bonchev–Trinajstić information content (AvgIpc) is 2.45. The van der Waals surface area contributed by atoms with Gasteiger partial charge in [-0.1, -0.05) is 13.8 Å². The van der Waals surface area contributed by atoms with Gasteiger partial charge in [0.2, 0.25) is 5.91 Å². The monoisotopic (exact) mass is 272 g/mol. The number of ether oxygens (including phenoxy) is 1. The third-order valence-electron chi connectivity index (χ3n) is 4.36. The Morgan fingerprint density at radius 1 is 1.37 bits per heavy atom. The number of nitrogens with one attached hydrogen (secondary N) is 2. The van der Waals surface area contributed by atoms with Crippen molar-refractivity contribution < 1.29 is 14.6 Å². The van der Waals surface area contributed by atoms with Crippen LogP contribution < -0.4 is 10.6 Å². The number of hydrogen-bond donors (Lipinski definition) is 3. The Bertz CT molecular complexity index is 279. The Morgan fingerprint density at radius 2 is 1.95 bits per heavy atom. The summed E-state index contributed by atoms with van der Waals surface area (Å²) in [5.41, 5.74) is -1.24. The van der Waals surface area contributed by atoms with Gasteiger partial charge in [0.25, 0.3) is 0 Å². The number of carbonyl (C=O) groups is 1. The lowest BCUT2D eigenvalue weighted by molar-refractivity contribution is -0.137. The van der Waals surface area contributed by atoms with Crippen molar-refractivity contribution in [3.8, 4) is 0 Å². The van der Waals surface area contributed by atoms with Crippen molar-refractivity contribution in [3.63, 3.8) is 0 Å². The van der Waals surface area contributed by atoms with E-state index in [-0.39, 0.29) is 5.91 Å². The Morgan fingerprint density at radius 3 is 2.42 bits per heavy atom. The van der Waals surface area contributed by atoms with Gasteiger partial charge in [-0.15, -0.1) is 0 Å². The Kier molecular flexibility index (Phi) is 6.23. The lowest BCUT2D eigenvalue weighted by Crippen LogP contribution is -2.53. The van der Waals surface area contributed by atoms with Crippen LogP contribution >= 0.6 is 0 Å². The fraction of sp³-hybridized carbons (Fsp3) is 0.929. The van der Waals surface area contributed by atoms with E-state index in [1.54, 1.807) is 7.11 Å². The maximum atomic E-state index is 12.5. The summed E-state index contributed by atoms with van der Waals surface area (Å²) >= 11 is 0. The maximum Gasteiger partial charge on any atom is 0.228 e. The van der Waals surface area contributed by atoms with Crippen molar-refractivity contribution in [3.05, 3.63) is 0 Å². The molecule has 0 atom stereocenters. The first-order valence-electron chi connectivity index (χ1n) is 7.22. The van der Waals surface area contributed by atoms with E-state index in [1.165, 1.54) is 0 Å². The van der Waals surface area contributed by atoms with E-state index >= 15 is 0 Å². The average molecular weight is 272 g/mol. The molecular formula is C14H28N2O3. The molecule has 1 aliphatic heterocycles. The minimum absolute atomic E-state index is 0.0103. The highest BCUT2D eigenvalue weighted by Crippen LogP contribution is 2.29. The van der Waals surface area contributed by atoms with Gasteiger partial charge in [0.15, 0.2) is 0 Å². The van der Waals surface area contributed by atoms with Crippen LogP contribution in [0, 0.1) is 5.41 Å². The van der Waals surface area contributed by atoms with E-state index in [2.05, 4.69) is 10.6 Å². The van der Waals surface area contributed by atoms with E-state index in [0.29, 0.717) is 26.0 Å². The van der Waals surface area contributed by atoms with E-state index in [4.69, 9.17) is 4.74 Å². The van der Waals surface area contributed by atoms with Gasteiger partial charge in [0.05, 0.1) is 17.6 Å². The molecule has 1 fully saturated rings. The summed E-state index contributed by atoms with van der Waals surface area (Å²) in [6.07, 6.45) is 2.85. The summed E-state index contributed by atoms with van der Waals surface area (Å²) in [7, 11) is 1.63. The Balaban J connectivity index is 2.62. The molecule has 1 aliphatic rings. The first kappa shape index (κ1) is 16.4. The molecule has 0 bridgehead atoms. The van der Waals surface area contributed by atoms with Crippen LogP contribution in [0.25, 0.3) is 0 Å². The van der Waals surface area contributed by atoms with Crippen LogP contribution in [0.4, 0.5) is 0 Å². The normalized spacial score (nSPS) is 19.2. The van der Waals surface area contributed by atoms with Crippen molar-refractivity contribution in [1.82, 2.24) is 10.6 Å². The van der Waals surface area contributed by atoms with Gasteiger partial charge < -0.3 is 20.5 Å². The summed E-state index contributed by atoms with van der Waals surface area (Å²) in [6, 6.07) is 0. The van der Waals surface area contributed by atoms with E-state index < -0.39 is 11.0 Å². The zero-order valence-electron chi connectivity index (χ0n) is 12.4. The molecule has 1 amide bonds. The van der Waals surface area contributed by atoms with E-state index in [1.807, 2.05) is 13.8 Å². The maximum absolute atomic E-state index is 12.5. The molecule has 0 saturated carbocycles. The molecule has 0 radical (unpaired) electrons. The largest absolute Gasteiger partial charge is 0.388 e. The second kappa shape index (κ2) is 7.22. The SMILES string of the molecule is CCC(O)(CC)CNC(=O)C1(COC)CCNCC1. The smallest absolute Gasteiger partial charge is 0.228 e. The summed E-state index contributed by atoms with van der Waals surface area (Å²) in [5, 5.41) is 16.4. The number of piperidine rings is 1. The fourth-order valence-electron chi connectivity index (χ4n) is 2.55. The van der Waals surface area contributed by atoms with Crippen LogP contribution in [0.1, 0.15) is 39.5 Å². The number of hydrogen-bond acceptors (Lipinski definition) is 4. The minimum atomic E-state index is -0.795. The molecular weight excluding hydrogens is 244 g/mol. The predicted octanol–water partition coefficient (Wildman–Crippen LogP) is 0.670. The van der Waals surface area contributed by atoms with Gasteiger partial charge in [-0.3, -0.25) is 4.79 Å². The quantitative estimate of drug-likeness (QED) is 0.637. The summed E-state index contributed by atoms with van der Waals surface area (Å²) in [4.78, 5) is 12.5.